The van der Waals surface area contributed by atoms with Gasteiger partial charge in [0.25, 0.3) is 0 Å². The molecule has 1 heterocycles. The molecule has 0 bridgehead atoms. The highest BCUT2D eigenvalue weighted by molar-refractivity contribution is 9.10. The molecule has 1 aromatic heterocycles. The minimum absolute atomic E-state index is 0.243. The van der Waals surface area contributed by atoms with E-state index in [2.05, 4.69) is 26.0 Å². The normalized spacial score (nSPS) is 12.6. The fourth-order valence-corrected chi connectivity index (χ4v) is 2.28. The van der Waals surface area contributed by atoms with E-state index in [-0.39, 0.29) is 12.0 Å². The summed E-state index contributed by atoms with van der Waals surface area (Å²) in [4.78, 5) is 4.11. The Morgan fingerprint density at radius 1 is 1.47 bits per heavy atom. The van der Waals surface area contributed by atoms with Gasteiger partial charge in [0.05, 0.1) is 6.10 Å². The van der Waals surface area contributed by atoms with E-state index < -0.39 is 11.9 Å². The van der Waals surface area contributed by atoms with Crippen LogP contribution in [0.2, 0.25) is 0 Å². The van der Waals surface area contributed by atoms with Crippen LogP contribution in [0.1, 0.15) is 30.8 Å². The minimum Gasteiger partial charge on any atom is -0.388 e. The molecule has 102 valence electrons. The number of aliphatic hydroxyl groups excluding tert-OH is 1. The van der Waals surface area contributed by atoms with Crippen LogP contribution in [0.5, 0.6) is 0 Å². The van der Waals surface area contributed by atoms with E-state index in [4.69, 9.17) is 0 Å². The number of benzene rings is 1. The molecule has 2 rings (SSSR count). The topological polar surface area (TPSA) is 50.9 Å². The van der Waals surface area contributed by atoms with Crippen molar-refractivity contribution in [2.75, 3.05) is 0 Å². The molecule has 6 heteroatoms. The summed E-state index contributed by atoms with van der Waals surface area (Å²) in [6.45, 7) is 2.78. The average Bonchev–Trinajstić information content (AvgIpc) is 2.80. The highest BCUT2D eigenvalue weighted by Crippen LogP contribution is 2.24. The van der Waals surface area contributed by atoms with Gasteiger partial charge in [0, 0.05) is 23.0 Å². The predicted octanol–water partition coefficient (Wildman–Crippen LogP) is 2.87. The first-order valence-corrected chi connectivity index (χ1v) is 6.90. The van der Waals surface area contributed by atoms with Gasteiger partial charge in [-0.3, -0.25) is 4.68 Å². The summed E-state index contributed by atoms with van der Waals surface area (Å²) in [5, 5.41) is 14.2. The van der Waals surface area contributed by atoms with E-state index in [0.29, 0.717) is 5.82 Å². The van der Waals surface area contributed by atoms with Gasteiger partial charge in [-0.15, -0.1) is 0 Å². The Hall–Kier alpha value is -1.27. The van der Waals surface area contributed by atoms with Gasteiger partial charge in [-0.05, 0) is 24.6 Å². The van der Waals surface area contributed by atoms with E-state index in [1.54, 1.807) is 16.8 Å². The maximum Gasteiger partial charge on any atom is 0.138 e. The largest absolute Gasteiger partial charge is 0.388 e. The molecule has 2 aromatic rings. The zero-order valence-corrected chi connectivity index (χ0v) is 12.1. The first-order valence-electron chi connectivity index (χ1n) is 6.11. The van der Waals surface area contributed by atoms with Gasteiger partial charge in [0.15, 0.2) is 0 Å². The lowest BCUT2D eigenvalue weighted by Crippen LogP contribution is -2.11. The molecule has 4 nitrogen and oxygen atoms in total. The number of aliphatic hydroxyl groups is 1. The molecule has 0 aliphatic heterocycles. The van der Waals surface area contributed by atoms with Gasteiger partial charge in [-0.1, -0.05) is 22.9 Å². The molecule has 19 heavy (non-hydrogen) atoms. The fourth-order valence-electron chi connectivity index (χ4n) is 1.90. The van der Waals surface area contributed by atoms with Crippen LogP contribution in [0.25, 0.3) is 0 Å². The van der Waals surface area contributed by atoms with Crippen LogP contribution in [0.4, 0.5) is 4.39 Å². The molecule has 0 amide bonds. The Balaban J connectivity index is 2.18. The summed E-state index contributed by atoms with van der Waals surface area (Å²) < 4.78 is 16.1. The van der Waals surface area contributed by atoms with E-state index in [9.17, 15) is 9.50 Å². The second-order valence-electron chi connectivity index (χ2n) is 4.29. The molecule has 0 spiro atoms. The molecule has 1 N–H and O–H groups in total. The second kappa shape index (κ2) is 6.25. The second-order valence-corrected chi connectivity index (χ2v) is 5.20. The van der Waals surface area contributed by atoms with Crippen molar-refractivity contribution in [1.82, 2.24) is 14.8 Å². The highest BCUT2D eigenvalue weighted by atomic mass is 79.9. The first kappa shape index (κ1) is 14.1. The number of hydrogen-bond donors (Lipinski definition) is 1. The molecule has 1 aromatic carbocycles. The smallest absolute Gasteiger partial charge is 0.138 e. The van der Waals surface area contributed by atoms with Crippen molar-refractivity contribution in [3.05, 3.63) is 46.2 Å². The third kappa shape index (κ3) is 3.39. The Kier molecular flexibility index (Phi) is 4.66. The molecule has 1 unspecified atom stereocenters. The molecule has 0 saturated heterocycles. The first-order chi connectivity index (χ1) is 9.11. The van der Waals surface area contributed by atoms with Crippen molar-refractivity contribution in [3.8, 4) is 0 Å². The van der Waals surface area contributed by atoms with Crippen molar-refractivity contribution in [3.63, 3.8) is 0 Å². The lowest BCUT2D eigenvalue weighted by atomic mass is 10.1. The van der Waals surface area contributed by atoms with Gasteiger partial charge in [-0.25, -0.2) is 9.37 Å². The molecule has 0 aliphatic rings. The van der Waals surface area contributed by atoms with Crippen LogP contribution in [0.15, 0.2) is 29.0 Å². The predicted molar refractivity (Wildman–Crippen MR) is 73.1 cm³/mol. The summed E-state index contributed by atoms with van der Waals surface area (Å²) >= 11 is 3.27. The van der Waals surface area contributed by atoms with Crippen molar-refractivity contribution in [2.24, 2.45) is 0 Å². The van der Waals surface area contributed by atoms with Crippen LogP contribution in [0.3, 0.4) is 0 Å². The van der Waals surface area contributed by atoms with Gasteiger partial charge < -0.3 is 5.11 Å². The SMILES string of the molecule is CCCn1ncnc1CC(O)c1cc(Br)ccc1F. The Labute approximate surface area is 119 Å². The lowest BCUT2D eigenvalue weighted by molar-refractivity contribution is 0.169. The van der Waals surface area contributed by atoms with E-state index in [0.717, 1.165) is 17.4 Å². The molecule has 0 saturated carbocycles. The van der Waals surface area contributed by atoms with E-state index in [1.165, 1.54) is 12.4 Å². The van der Waals surface area contributed by atoms with Crippen LogP contribution < -0.4 is 0 Å². The fraction of sp³-hybridized carbons (Fsp3) is 0.385. The van der Waals surface area contributed by atoms with Crippen molar-refractivity contribution in [1.29, 1.82) is 0 Å². The van der Waals surface area contributed by atoms with Gasteiger partial charge in [0.1, 0.15) is 18.0 Å². The summed E-state index contributed by atoms with van der Waals surface area (Å²) in [7, 11) is 0. The lowest BCUT2D eigenvalue weighted by Gasteiger charge is -2.12. The average molecular weight is 328 g/mol. The van der Waals surface area contributed by atoms with Crippen molar-refractivity contribution in [2.45, 2.75) is 32.4 Å². The number of nitrogens with zero attached hydrogens (tertiary/aromatic N) is 3. The van der Waals surface area contributed by atoms with Crippen molar-refractivity contribution >= 4 is 15.9 Å². The maximum atomic E-state index is 13.7. The van der Waals surface area contributed by atoms with Crippen LogP contribution in [-0.2, 0) is 13.0 Å². The zero-order valence-electron chi connectivity index (χ0n) is 10.6. The Morgan fingerprint density at radius 3 is 3.00 bits per heavy atom. The molecular weight excluding hydrogens is 313 g/mol. The summed E-state index contributed by atoms with van der Waals surface area (Å²) in [5.74, 6) is 0.242. The molecule has 1 atom stereocenters. The number of halogens is 2. The minimum atomic E-state index is -0.933. The number of hydrogen-bond acceptors (Lipinski definition) is 3. The highest BCUT2D eigenvalue weighted by Gasteiger charge is 2.17. The number of aromatic nitrogens is 3. The van der Waals surface area contributed by atoms with Crippen LogP contribution >= 0.6 is 15.9 Å². The maximum absolute atomic E-state index is 13.7. The van der Waals surface area contributed by atoms with Gasteiger partial charge in [-0.2, -0.15) is 5.10 Å². The summed E-state index contributed by atoms with van der Waals surface area (Å²) in [6.07, 6.45) is 1.69. The molecule has 0 aliphatic carbocycles. The standard InChI is InChI=1S/C13H15BrFN3O/c1-2-5-18-13(16-8-17-18)7-12(19)10-6-9(14)3-4-11(10)15/h3-4,6,8,12,19H,2,5,7H2,1H3. The number of aryl methyl sites for hydroxylation is 1. The quantitative estimate of drug-likeness (QED) is 0.918. The molecule has 0 fully saturated rings. The van der Waals surface area contributed by atoms with E-state index in [1.807, 2.05) is 6.92 Å². The van der Waals surface area contributed by atoms with Crippen molar-refractivity contribution < 1.29 is 9.50 Å². The zero-order chi connectivity index (χ0) is 13.8. The summed E-state index contributed by atoms with van der Waals surface area (Å²) in [6, 6.07) is 4.52. The third-order valence-corrected chi connectivity index (χ3v) is 3.32. The summed E-state index contributed by atoms with van der Waals surface area (Å²) in [5.41, 5.74) is 0.264. The third-order valence-electron chi connectivity index (χ3n) is 2.82. The number of rotatable bonds is 5. The van der Waals surface area contributed by atoms with E-state index >= 15 is 0 Å². The molecule has 0 radical (unpaired) electrons. The Morgan fingerprint density at radius 2 is 2.26 bits per heavy atom. The van der Waals surface area contributed by atoms with Crippen LogP contribution in [0, 0.1) is 5.82 Å². The monoisotopic (exact) mass is 327 g/mol. The van der Waals surface area contributed by atoms with Crippen LogP contribution in [-0.4, -0.2) is 19.9 Å². The van der Waals surface area contributed by atoms with Gasteiger partial charge in [0.2, 0.25) is 0 Å². The Bertz CT molecular complexity index is 559. The van der Waals surface area contributed by atoms with Gasteiger partial charge >= 0.3 is 0 Å². The molecular formula is C13H15BrFN3O.